The van der Waals surface area contributed by atoms with E-state index in [4.69, 9.17) is 14.1 Å². The number of methoxy groups -OCH3 is 1. The van der Waals surface area contributed by atoms with E-state index in [1.165, 1.54) is 35.1 Å². The minimum atomic E-state index is -0.605. The van der Waals surface area contributed by atoms with Gasteiger partial charge in [-0.3, -0.25) is 19.5 Å². The molecule has 174 valence electrons. The zero-order chi connectivity index (χ0) is 24.1. The third-order valence-electron chi connectivity index (χ3n) is 6.37. The molecule has 0 saturated carbocycles. The first-order chi connectivity index (χ1) is 17.0. The lowest BCUT2D eigenvalue weighted by Crippen LogP contribution is -2.38. The van der Waals surface area contributed by atoms with Crippen molar-refractivity contribution in [3.05, 3.63) is 118 Å². The molecule has 3 heterocycles. The predicted octanol–water partition coefficient (Wildman–Crippen LogP) is 3.83. The van der Waals surface area contributed by atoms with Gasteiger partial charge < -0.3 is 9.15 Å². The molecule has 0 saturated heterocycles. The molecule has 8 nitrogen and oxygen atoms in total. The molecule has 1 aliphatic heterocycles. The number of rotatable bonds is 4. The zero-order valence-corrected chi connectivity index (χ0v) is 19.5. The highest BCUT2D eigenvalue weighted by atomic mass is 32.1. The molecule has 1 aliphatic carbocycles. The third kappa shape index (κ3) is 3.43. The van der Waals surface area contributed by atoms with Gasteiger partial charge in [-0.2, -0.15) is 0 Å². The maximum atomic E-state index is 13.7. The third-order valence-corrected chi connectivity index (χ3v) is 7.36. The summed E-state index contributed by atoms with van der Waals surface area (Å²) in [6.45, 7) is 0. The number of benzene rings is 2. The zero-order valence-electron chi connectivity index (χ0n) is 18.6. The van der Waals surface area contributed by atoms with E-state index < -0.39 is 4.92 Å². The maximum absolute atomic E-state index is 13.7. The standard InChI is InChI=1S/C26H19N3O5S/c1-33-20-9-5-4-8-18(20)24-19-12-10-15-6-2-3-7-17(15)23(19)27-26-28(24)25(30)21(35-26)14-16-11-13-22(34-16)29(31)32/h2-9,11,13-14,24H,10,12H2,1H3. The monoisotopic (exact) mass is 485 g/mol. The van der Waals surface area contributed by atoms with Crippen molar-refractivity contribution in [1.82, 2.24) is 4.57 Å². The molecule has 0 amide bonds. The molecular formula is C26H19N3O5S. The number of hydrogen-bond donors (Lipinski definition) is 0. The topological polar surface area (TPSA) is 99.9 Å². The van der Waals surface area contributed by atoms with Gasteiger partial charge in [0.15, 0.2) is 4.80 Å². The number of thiazole rings is 1. The Bertz CT molecular complexity index is 1710. The summed E-state index contributed by atoms with van der Waals surface area (Å²) in [4.78, 5) is 29.6. The number of furan rings is 1. The smallest absolute Gasteiger partial charge is 0.433 e. The van der Waals surface area contributed by atoms with Gasteiger partial charge in [-0.25, -0.2) is 4.99 Å². The van der Waals surface area contributed by atoms with Crippen LogP contribution in [0.1, 0.15) is 34.9 Å². The molecule has 2 aliphatic rings. The summed E-state index contributed by atoms with van der Waals surface area (Å²) in [5.41, 5.74) is 4.93. The van der Waals surface area contributed by atoms with Crippen LogP contribution in [-0.2, 0) is 6.42 Å². The SMILES string of the molecule is COc1ccccc1C1C2=C(N=c3sc(=Cc4ccc([N+](=O)[O-])o4)c(=O)n31)c1ccccc1CC2. The second kappa shape index (κ2) is 8.21. The van der Waals surface area contributed by atoms with Crippen molar-refractivity contribution in [1.29, 1.82) is 0 Å². The van der Waals surface area contributed by atoms with Crippen LogP contribution >= 0.6 is 11.3 Å². The first kappa shape index (κ1) is 21.3. The van der Waals surface area contributed by atoms with E-state index >= 15 is 0 Å². The number of nitro groups is 1. The highest BCUT2D eigenvalue weighted by Crippen LogP contribution is 2.43. The normalized spacial score (nSPS) is 16.8. The van der Waals surface area contributed by atoms with Gasteiger partial charge in [0.2, 0.25) is 0 Å². The summed E-state index contributed by atoms with van der Waals surface area (Å²) >= 11 is 1.24. The molecule has 0 N–H and O–H groups in total. The molecule has 35 heavy (non-hydrogen) atoms. The van der Waals surface area contributed by atoms with Crippen molar-refractivity contribution >= 4 is 29.0 Å². The second-order valence-electron chi connectivity index (χ2n) is 8.29. The van der Waals surface area contributed by atoms with Gasteiger partial charge in [0, 0.05) is 17.2 Å². The lowest BCUT2D eigenvalue weighted by molar-refractivity contribution is -0.402. The largest absolute Gasteiger partial charge is 0.496 e. The minimum Gasteiger partial charge on any atom is -0.496 e. The first-order valence-electron chi connectivity index (χ1n) is 11.1. The molecular weight excluding hydrogens is 466 g/mol. The number of ether oxygens (including phenoxy) is 1. The lowest BCUT2D eigenvalue weighted by atomic mass is 9.83. The van der Waals surface area contributed by atoms with Crippen LogP contribution in [0, 0.1) is 10.1 Å². The Balaban J connectivity index is 1.62. The molecule has 6 rings (SSSR count). The van der Waals surface area contributed by atoms with E-state index in [0.717, 1.165) is 35.2 Å². The van der Waals surface area contributed by atoms with Crippen LogP contribution in [0.3, 0.4) is 0 Å². The van der Waals surface area contributed by atoms with Gasteiger partial charge in [0.05, 0.1) is 29.4 Å². The van der Waals surface area contributed by atoms with Crippen molar-refractivity contribution in [2.24, 2.45) is 4.99 Å². The Kier molecular flexibility index (Phi) is 5.00. The lowest BCUT2D eigenvalue weighted by Gasteiger charge is -2.31. The fourth-order valence-electron chi connectivity index (χ4n) is 4.84. The maximum Gasteiger partial charge on any atom is 0.433 e. The fourth-order valence-corrected chi connectivity index (χ4v) is 5.82. The number of nitrogens with zero attached hydrogens (tertiary/aromatic N) is 3. The minimum absolute atomic E-state index is 0.228. The van der Waals surface area contributed by atoms with Gasteiger partial charge in [0.25, 0.3) is 5.56 Å². The fraction of sp³-hybridized carbons (Fsp3) is 0.154. The summed E-state index contributed by atoms with van der Waals surface area (Å²) in [7, 11) is 1.62. The first-order valence-corrected chi connectivity index (χ1v) is 11.9. The van der Waals surface area contributed by atoms with Crippen molar-refractivity contribution < 1.29 is 14.1 Å². The van der Waals surface area contributed by atoms with Crippen molar-refractivity contribution in [3.8, 4) is 5.75 Å². The predicted molar refractivity (Wildman–Crippen MR) is 131 cm³/mol. The van der Waals surface area contributed by atoms with Gasteiger partial charge in [0.1, 0.15) is 16.4 Å². The Morgan fingerprint density at radius 1 is 1.14 bits per heavy atom. The van der Waals surface area contributed by atoms with E-state index in [-0.39, 0.29) is 23.2 Å². The van der Waals surface area contributed by atoms with Gasteiger partial charge in [-0.15, -0.1) is 0 Å². The molecule has 1 unspecified atom stereocenters. The van der Waals surface area contributed by atoms with Crippen molar-refractivity contribution in [3.63, 3.8) is 0 Å². The average molecular weight is 486 g/mol. The summed E-state index contributed by atoms with van der Waals surface area (Å²) in [5, 5.41) is 11.0. The van der Waals surface area contributed by atoms with E-state index in [1.54, 1.807) is 11.7 Å². The Hall–Kier alpha value is -4.24. The second-order valence-corrected chi connectivity index (χ2v) is 9.30. The molecule has 0 bridgehead atoms. The summed E-state index contributed by atoms with van der Waals surface area (Å²) < 4.78 is 13.0. The van der Waals surface area contributed by atoms with Crippen LogP contribution in [0.2, 0.25) is 0 Å². The van der Waals surface area contributed by atoms with E-state index in [2.05, 4.69) is 12.1 Å². The molecule has 0 fully saturated rings. The molecule has 9 heteroatoms. The quantitative estimate of drug-likeness (QED) is 0.323. The van der Waals surface area contributed by atoms with Crippen LogP contribution < -0.4 is 19.6 Å². The average Bonchev–Trinajstić information content (AvgIpc) is 3.47. The molecule has 2 aromatic carbocycles. The Labute approximate surface area is 202 Å². The number of hydrogen-bond acceptors (Lipinski definition) is 7. The molecule has 0 spiro atoms. The Morgan fingerprint density at radius 2 is 1.94 bits per heavy atom. The number of aromatic nitrogens is 1. The van der Waals surface area contributed by atoms with Crippen LogP contribution in [0.25, 0.3) is 11.8 Å². The van der Waals surface area contributed by atoms with Gasteiger partial charge in [-0.1, -0.05) is 53.8 Å². The van der Waals surface area contributed by atoms with Crippen LogP contribution in [0.5, 0.6) is 5.75 Å². The molecule has 1 atom stereocenters. The number of fused-ring (bicyclic) bond motifs is 3. The number of allylic oxidation sites excluding steroid dienone is 1. The highest BCUT2D eigenvalue weighted by molar-refractivity contribution is 7.07. The highest BCUT2D eigenvalue weighted by Gasteiger charge is 2.34. The summed E-state index contributed by atoms with van der Waals surface area (Å²) in [6, 6.07) is 18.3. The Morgan fingerprint density at radius 3 is 2.74 bits per heavy atom. The van der Waals surface area contributed by atoms with Gasteiger partial charge >= 0.3 is 5.88 Å². The van der Waals surface area contributed by atoms with Gasteiger partial charge in [-0.05, 0) is 36.1 Å². The summed E-state index contributed by atoms with van der Waals surface area (Å²) in [5.74, 6) is 0.564. The number of para-hydroxylation sites is 1. The molecule has 0 radical (unpaired) electrons. The van der Waals surface area contributed by atoms with Crippen LogP contribution in [0.15, 0.2) is 80.4 Å². The van der Waals surface area contributed by atoms with Crippen molar-refractivity contribution in [2.45, 2.75) is 18.9 Å². The molecule has 4 aromatic rings. The van der Waals surface area contributed by atoms with Crippen LogP contribution in [-0.4, -0.2) is 16.6 Å². The van der Waals surface area contributed by atoms with E-state index in [0.29, 0.717) is 15.1 Å². The summed E-state index contributed by atoms with van der Waals surface area (Å²) in [6.07, 6.45) is 3.16. The number of aryl methyl sites for hydroxylation is 1. The van der Waals surface area contributed by atoms with E-state index in [1.807, 2.05) is 36.4 Å². The molecule has 2 aromatic heterocycles. The van der Waals surface area contributed by atoms with Crippen LogP contribution in [0.4, 0.5) is 5.88 Å². The van der Waals surface area contributed by atoms with E-state index in [9.17, 15) is 14.9 Å². The van der Waals surface area contributed by atoms with Crippen molar-refractivity contribution in [2.75, 3.05) is 7.11 Å².